The number of fused-ring (bicyclic) bond motifs is 1. The standard InChI is InChI=1S/C20H25N5O2.ClH/c1-20(2,3)19-23-16-11-13(6-7-17(16)27-19)22-18(26)15-8-10-25(24-15)14-5-4-9-21-12-14;/h6-8,10-11,14,21H,4-5,9,12H2,1-3H3,(H,22,26);1H. The van der Waals surface area contributed by atoms with E-state index in [-0.39, 0.29) is 23.7 Å². The first kappa shape index (κ1) is 20.4. The molecule has 1 saturated heterocycles. The van der Waals surface area contributed by atoms with Crippen molar-refractivity contribution in [2.75, 3.05) is 18.4 Å². The van der Waals surface area contributed by atoms with Gasteiger partial charge in [0.25, 0.3) is 5.91 Å². The van der Waals surface area contributed by atoms with E-state index in [1.165, 1.54) is 0 Å². The first-order valence-electron chi connectivity index (χ1n) is 9.38. The smallest absolute Gasteiger partial charge is 0.276 e. The molecule has 4 rings (SSSR count). The number of anilines is 1. The molecule has 1 amide bonds. The number of nitrogens with zero attached hydrogens (tertiary/aromatic N) is 3. The summed E-state index contributed by atoms with van der Waals surface area (Å²) >= 11 is 0. The van der Waals surface area contributed by atoms with Crippen LogP contribution >= 0.6 is 12.4 Å². The molecule has 0 spiro atoms. The summed E-state index contributed by atoms with van der Waals surface area (Å²) in [5.74, 6) is 0.456. The Hall–Kier alpha value is -2.38. The molecule has 1 fully saturated rings. The van der Waals surface area contributed by atoms with Crippen molar-refractivity contribution in [2.24, 2.45) is 0 Å². The zero-order chi connectivity index (χ0) is 19.0. The molecule has 0 radical (unpaired) electrons. The number of oxazole rings is 1. The lowest BCUT2D eigenvalue weighted by atomic mass is 9.97. The summed E-state index contributed by atoms with van der Waals surface area (Å²) in [5, 5.41) is 10.7. The molecular formula is C20H26ClN5O2. The zero-order valence-corrected chi connectivity index (χ0v) is 17.2. The van der Waals surface area contributed by atoms with E-state index in [0.717, 1.165) is 31.4 Å². The highest BCUT2D eigenvalue weighted by Crippen LogP contribution is 2.27. The van der Waals surface area contributed by atoms with Crippen LogP contribution in [0.2, 0.25) is 0 Å². The number of nitrogens with one attached hydrogen (secondary N) is 2. The first-order valence-corrected chi connectivity index (χ1v) is 9.38. The Morgan fingerprint density at radius 1 is 1.32 bits per heavy atom. The Kier molecular flexibility index (Phi) is 5.76. The number of benzene rings is 1. The predicted octanol–water partition coefficient (Wildman–Crippen LogP) is 3.92. The number of aromatic nitrogens is 3. The van der Waals surface area contributed by atoms with Crippen LogP contribution in [0.4, 0.5) is 5.69 Å². The van der Waals surface area contributed by atoms with Gasteiger partial charge in [0.2, 0.25) is 5.89 Å². The highest BCUT2D eigenvalue weighted by atomic mass is 35.5. The third-order valence-electron chi connectivity index (χ3n) is 4.77. The Balaban J connectivity index is 0.00000225. The van der Waals surface area contributed by atoms with Crippen molar-refractivity contribution in [3.05, 3.63) is 42.0 Å². The lowest BCUT2D eigenvalue weighted by Crippen LogP contribution is -2.32. The molecule has 2 N–H and O–H groups in total. The van der Waals surface area contributed by atoms with E-state index in [4.69, 9.17) is 4.42 Å². The Morgan fingerprint density at radius 3 is 2.86 bits per heavy atom. The maximum Gasteiger partial charge on any atom is 0.276 e. The van der Waals surface area contributed by atoms with Crippen molar-refractivity contribution in [3.63, 3.8) is 0 Å². The fraction of sp³-hybridized carbons (Fsp3) is 0.450. The lowest BCUT2D eigenvalue weighted by Gasteiger charge is -2.22. The minimum absolute atomic E-state index is 0. The molecule has 3 aromatic rings. The largest absolute Gasteiger partial charge is 0.440 e. The second-order valence-electron chi connectivity index (χ2n) is 8.09. The minimum Gasteiger partial charge on any atom is -0.440 e. The van der Waals surface area contributed by atoms with E-state index in [1.807, 2.05) is 29.1 Å². The van der Waals surface area contributed by atoms with E-state index in [2.05, 4.69) is 41.5 Å². The summed E-state index contributed by atoms with van der Waals surface area (Å²) in [4.78, 5) is 17.1. The minimum atomic E-state index is -0.226. The van der Waals surface area contributed by atoms with Gasteiger partial charge in [-0.05, 0) is 43.7 Å². The van der Waals surface area contributed by atoms with Gasteiger partial charge in [-0.2, -0.15) is 5.10 Å². The van der Waals surface area contributed by atoms with Crippen molar-refractivity contribution in [1.82, 2.24) is 20.1 Å². The average Bonchev–Trinajstić information content (AvgIpc) is 3.29. The van der Waals surface area contributed by atoms with Crippen molar-refractivity contribution in [2.45, 2.75) is 45.1 Å². The molecule has 1 aromatic carbocycles. The van der Waals surface area contributed by atoms with Crippen LogP contribution in [0.1, 0.15) is 56.0 Å². The van der Waals surface area contributed by atoms with Crippen LogP contribution in [0.25, 0.3) is 11.1 Å². The first-order chi connectivity index (χ1) is 12.9. The van der Waals surface area contributed by atoms with E-state index in [1.54, 1.807) is 6.07 Å². The van der Waals surface area contributed by atoms with Crippen LogP contribution in [-0.4, -0.2) is 33.8 Å². The number of hydrogen-bond acceptors (Lipinski definition) is 5. The average molecular weight is 404 g/mol. The molecule has 0 bridgehead atoms. The quantitative estimate of drug-likeness (QED) is 0.692. The van der Waals surface area contributed by atoms with Crippen molar-refractivity contribution < 1.29 is 9.21 Å². The van der Waals surface area contributed by atoms with Gasteiger partial charge in [0.05, 0.1) is 6.04 Å². The number of rotatable bonds is 3. The van der Waals surface area contributed by atoms with Gasteiger partial charge < -0.3 is 15.1 Å². The second kappa shape index (κ2) is 7.93. The number of amides is 1. The van der Waals surface area contributed by atoms with E-state index in [9.17, 15) is 4.79 Å². The molecule has 2 aromatic heterocycles. The van der Waals surface area contributed by atoms with E-state index < -0.39 is 0 Å². The summed E-state index contributed by atoms with van der Waals surface area (Å²) in [6.07, 6.45) is 4.08. The number of hydrogen-bond donors (Lipinski definition) is 2. The number of carbonyl (C=O) groups excluding carboxylic acids is 1. The molecule has 1 unspecified atom stereocenters. The number of piperidine rings is 1. The Morgan fingerprint density at radius 2 is 2.14 bits per heavy atom. The number of carbonyl (C=O) groups is 1. The van der Waals surface area contributed by atoms with Crippen LogP contribution in [0, 0.1) is 0 Å². The predicted molar refractivity (Wildman–Crippen MR) is 111 cm³/mol. The van der Waals surface area contributed by atoms with E-state index >= 15 is 0 Å². The van der Waals surface area contributed by atoms with Gasteiger partial charge in [0.15, 0.2) is 11.3 Å². The Labute approximate surface area is 170 Å². The number of halogens is 1. The van der Waals surface area contributed by atoms with Gasteiger partial charge >= 0.3 is 0 Å². The summed E-state index contributed by atoms with van der Waals surface area (Å²) in [5.41, 5.74) is 2.37. The van der Waals surface area contributed by atoms with Gasteiger partial charge in [-0.15, -0.1) is 12.4 Å². The molecule has 7 nitrogen and oxygen atoms in total. The van der Waals surface area contributed by atoms with Crippen LogP contribution in [0.5, 0.6) is 0 Å². The summed E-state index contributed by atoms with van der Waals surface area (Å²) < 4.78 is 7.69. The molecule has 3 heterocycles. The normalized spacial score (nSPS) is 17.3. The highest BCUT2D eigenvalue weighted by Gasteiger charge is 2.21. The molecule has 1 aliphatic heterocycles. The topological polar surface area (TPSA) is 85.0 Å². The third-order valence-corrected chi connectivity index (χ3v) is 4.77. The highest BCUT2D eigenvalue weighted by molar-refractivity contribution is 6.03. The molecular weight excluding hydrogens is 378 g/mol. The molecule has 1 atom stereocenters. The third kappa shape index (κ3) is 4.20. The molecule has 150 valence electrons. The van der Waals surface area contributed by atoms with Gasteiger partial charge in [-0.3, -0.25) is 9.48 Å². The molecule has 28 heavy (non-hydrogen) atoms. The monoisotopic (exact) mass is 403 g/mol. The van der Waals surface area contributed by atoms with Gasteiger partial charge in [-0.25, -0.2) is 4.98 Å². The van der Waals surface area contributed by atoms with Crippen molar-refractivity contribution in [1.29, 1.82) is 0 Å². The van der Waals surface area contributed by atoms with Crippen LogP contribution < -0.4 is 10.6 Å². The maximum absolute atomic E-state index is 12.6. The Bertz CT molecular complexity index is 967. The van der Waals surface area contributed by atoms with Gasteiger partial charge in [-0.1, -0.05) is 20.8 Å². The van der Waals surface area contributed by atoms with Crippen LogP contribution in [0.3, 0.4) is 0 Å². The van der Waals surface area contributed by atoms with Crippen molar-refractivity contribution in [3.8, 4) is 0 Å². The lowest BCUT2D eigenvalue weighted by molar-refractivity contribution is 0.102. The van der Waals surface area contributed by atoms with E-state index in [0.29, 0.717) is 28.9 Å². The molecule has 0 saturated carbocycles. The fourth-order valence-corrected chi connectivity index (χ4v) is 3.24. The summed E-state index contributed by atoms with van der Waals surface area (Å²) in [6, 6.07) is 7.55. The van der Waals surface area contributed by atoms with Crippen LogP contribution in [-0.2, 0) is 5.41 Å². The molecule has 8 heteroatoms. The summed E-state index contributed by atoms with van der Waals surface area (Å²) in [6.45, 7) is 8.10. The van der Waals surface area contributed by atoms with Crippen molar-refractivity contribution >= 4 is 35.1 Å². The fourth-order valence-electron chi connectivity index (χ4n) is 3.24. The van der Waals surface area contributed by atoms with Gasteiger partial charge in [0, 0.05) is 23.8 Å². The maximum atomic E-state index is 12.6. The zero-order valence-electron chi connectivity index (χ0n) is 16.4. The second-order valence-corrected chi connectivity index (χ2v) is 8.09. The summed E-state index contributed by atoms with van der Waals surface area (Å²) in [7, 11) is 0. The van der Waals surface area contributed by atoms with Gasteiger partial charge in [0.1, 0.15) is 5.52 Å². The molecule has 0 aliphatic carbocycles. The van der Waals surface area contributed by atoms with Crippen LogP contribution in [0.15, 0.2) is 34.9 Å². The SMILES string of the molecule is CC(C)(C)c1nc2cc(NC(=O)c3ccn(C4CCCNC4)n3)ccc2o1.Cl. The molecule has 1 aliphatic rings.